The number of carbonyl (C=O) groups excluding carboxylic acids is 1. The van der Waals surface area contributed by atoms with Crippen LogP contribution in [0.4, 0.5) is 0 Å². The second-order valence-electron chi connectivity index (χ2n) is 4.52. The number of ether oxygens (including phenoxy) is 1. The smallest absolute Gasteiger partial charge is 0.323 e. The summed E-state index contributed by atoms with van der Waals surface area (Å²) in [6.45, 7) is 1.99. The molecule has 1 aliphatic rings. The van der Waals surface area contributed by atoms with Crippen molar-refractivity contribution in [1.29, 1.82) is 0 Å². The molecule has 2 nitrogen and oxygen atoms in total. The number of hydrogen-bond acceptors (Lipinski definition) is 3. The number of hydrogen-bond donors (Lipinski definition) is 0. The van der Waals surface area contributed by atoms with Gasteiger partial charge in [0.1, 0.15) is 11.7 Å². The molecule has 0 aliphatic carbocycles. The first-order valence-electron chi connectivity index (χ1n) is 5.90. The maximum Gasteiger partial charge on any atom is 0.323 e. The quantitative estimate of drug-likeness (QED) is 0.609. The topological polar surface area (TPSA) is 26.3 Å². The minimum atomic E-state index is -0.348. The summed E-state index contributed by atoms with van der Waals surface area (Å²) in [6.07, 6.45) is 0. The van der Waals surface area contributed by atoms with Gasteiger partial charge >= 0.3 is 5.97 Å². The molecular weight excluding hydrogens is 280 g/mol. The van der Waals surface area contributed by atoms with E-state index in [1.165, 1.54) is 0 Å². The van der Waals surface area contributed by atoms with Crippen LogP contribution in [0.5, 0.6) is 5.75 Å². The van der Waals surface area contributed by atoms with Crippen LogP contribution in [0.1, 0.15) is 22.6 Å². The minimum absolute atomic E-state index is 0.237. The zero-order valence-corrected chi connectivity index (χ0v) is 11.8. The molecule has 0 spiro atoms. The van der Waals surface area contributed by atoms with Crippen LogP contribution < -0.4 is 4.74 Å². The van der Waals surface area contributed by atoms with Crippen molar-refractivity contribution in [3.05, 3.63) is 59.2 Å². The first-order valence-corrected chi connectivity index (χ1v) is 7.54. The minimum Gasteiger partial charge on any atom is -0.424 e. The van der Waals surface area contributed by atoms with Crippen LogP contribution in [0, 0.1) is 6.92 Å². The van der Waals surface area contributed by atoms with Crippen molar-refractivity contribution in [2.75, 3.05) is 0 Å². The fourth-order valence-corrected chi connectivity index (χ4v) is 3.20. The van der Waals surface area contributed by atoms with Gasteiger partial charge in [-0.1, -0.05) is 36.4 Å². The Balaban J connectivity index is 2.17. The third-order valence-corrected chi connectivity index (χ3v) is 4.16. The van der Waals surface area contributed by atoms with E-state index in [9.17, 15) is 4.79 Å². The van der Waals surface area contributed by atoms with E-state index in [0.29, 0.717) is 5.75 Å². The Labute approximate surface area is 120 Å². The predicted molar refractivity (Wildman–Crippen MR) is 76.8 cm³/mol. The normalized spacial score (nSPS) is 17.2. The molecule has 1 aliphatic heterocycles. The van der Waals surface area contributed by atoms with Crippen molar-refractivity contribution in [3.8, 4) is 5.75 Å². The second-order valence-corrected chi connectivity index (χ2v) is 5.58. The Kier molecular flexibility index (Phi) is 3.25. The van der Waals surface area contributed by atoms with E-state index in [4.69, 9.17) is 15.4 Å². The van der Waals surface area contributed by atoms with Gasteiger partial charge in [-0.2, -0.15) is 0 Å². The van der Waals surface area contributed by atoms with Crippen molar-refractivity contribution in [1.82, 2.24) is 0 Å². The van der Waals surface area contributed by atoms with E-state index in [-0.39, 0.29) is 11.9 Å². The molecule has 0 radical (unpaired) electrons. The van der Waals surface area contributed by atoms with Gasteiger partial charge in [-0.3, -0.25) is 4.79 Å². The molecular formula is C15H11ClO2S. The molecule has 0 aromatic heterocycles. The van der Waals surface area contributed by atoms with Gasteiger partial charge in [0.05, 0.1) is 4.90 Å². The lowest BCUT2D eigenvalue weighted by Crippen LogP contribution is -2.11. The van der Waals surface area contributed by atoms with Crippen LogP contribution in [0.25, 0.3) is 0 Å². The first-order chi connectivity index (χ1) is 9.20. The van der Waals surface area contributed by atoms with Crippen LogP contribution in [0.15, 0.2) is 47.4 Å². The van der Waals surface area contributed by atoms with Crippen molar-refractivity contribution in [3.63, 3.8) is 0 Å². The summed E-state index contributed by atoms with van der Waals surface area (Å²) < 4.78 is 5.41. The molecule has 0 saturated carbocycles. The van der Waals surface area contributed by atoms with E-state index >= 15 is 0 Å². The highest BCUT2D eigenvalue weighted by Gasteiger charge is 2.36. The lowest BCUT2D eigenvalue weighted by molar-refractivity contribution is -0.133. The molecule has 2 aromatic rings. The summed E-state index contributed by atoms with van der Waals surface area (Å²) in [5.41, 5.74) is 2.92. The summed E-state index contributed by atoms with van der Waals surface area (Å²) in [6, 6.07) is 13.6. The van der Waals surface area contributed by atoms with Gasteiger partial charge in [0.15, 0.2) is 0 Å². The molecule has 19 heavy (non-hydrogen) atoms. The molecule has 1 heterocycles. The zero-order valence-electron chi connectivity index (χ0n) is 10.2. The number of aryl methyl sites for hydroxylation is 1. The Morgan fingerprint density at radius 1 is 1.21 bits per heavy atom. The summed E-state index contributed by atoms with van der Waals surface area (Å²) in [4.78, 5) is 12.9. The molecule has 1 atom stereocenters. The van der Waals surface area contributed by atoms with Crippen molar-refractivity contribution < 1.29 is 9.53 Å². The van der Waals surface area contributed by atoms with Crippen molar-refractivity contribution >= 4 is 27.6 Å². The number of fused-ring (bicyclic) bond motifs is 1. The summed E-state index contributed by atoms with van der Waals surface area (Å²) in [7, 11) is 6.93. The number of carbonyl (C=O) groups is 1. The fraction of sp³-hybridized carbons (Fsp3) is 0.133. The van der Waals surface area contributed by atoms with Crippen molar-refractivity contribution in [2.24, 2.45) is 0 Å². The second kappa shape index (κ2) is 4.91. The van der Waals surface area contributed by atoms with Gasteiger partial charge in [0, 0.05) is 5.56 Å². The predicted octanol–water partition coefficient (Wildman–Crippen LogP) is 4.29. The van der Waals surface area contributed by atoms with E-state index in [1.54, 1.807) is 0 Å². The Bertz CT molecular complexity index is 640. The van der Waals surface area contributed by atoms with Gasteiger partial charge in [-0.25, -0.2) is 0 Å². The maximum absolute atomic E-state index is 12.1. The largest absolute Gasteiger partial charge is 0.424 e. The van der Waals surface area contributed by atoms with E-state index in [1.807, 2.05) is 49.4 Å². The number of esters is 1. The van der Waals surface area contributed by atoms with Crippen molar-refractivity contribution in [2.45, 2.75) is 17.7 Å². The molecule has 2 aromatic carbocycles. The van der Waals surface area contributed by atoms with Crippen LogP contribution in [0.3, 0.4) is 0 Å². The molecule has 0 saturated heterocycles. The van der Waals surface area contributed by atoms with Crippen LogP contribution in [0.2, 0.25) is 0 Å². The van der Waals surface area contributed by atoms with Gasteiger partial charge in [0.25, 0.3) is 0 Å². The average Bonchev–Trinajstić information content (AvgIpc) is 2.75. The molecule has 0 amide bonds. The standard InChI is InChI=1S/C15H11ClO2S/c1-9-7-11-13(10-5-3-2-4-6-10)15(17)18-14(11)12(8-9)19-16/h2-8,13H,1H3. The Morgan fingerprint density at radius 2 is 1.95 bits per heavy atom. The third kappa shape index (κ3) is 2.13. The highest BCUT2D eigenvalue weighted by atomic mass is 35.7. The highest BCUT2D eigenvalue weighted by Crippen LogP contribution is 2.46. The monoisotopic (exact) mass is 290 g/mol. The molecule has 0 N–H and O–H groups in total. The van der Waals surface area contributed by atoms with Crippen LogP contribution >= 0.6 is 21.7 Å². The molecule has 0 fully saturated rings. The van der Waals surface area contributed by atoms with Crippen LogP contribution in [-0.2, 0) is 4.79 Å². The first kappa shape index (κ1) is 12.6. The molecule has 3 rings (SSSR count). The molecule has 4 heteroatoms. The van der Waals surface area contributed by atoms with Gasteiger partial charge < -0.3 is 4.74 Å². The van der Waals surface area contributed by atoms with Gasteiger partial charge in [-0.15, -0.1) is 0 Å². The molecule has 0 bridgehead atoms. The average molecular weight is 291 g/mol. The van der Waals surface area contributed by atoms with E-state index < -0.39 is 0 Å². The SMILES string of the molecule is Cc1cc(SCl)c2c(c1)C(c1ccccc1)C(=O)O2. The van der Waals surface area contributed by atoms with Crippen LogP contribution in [-0.4, -0.2) is 5.97 Å². The lowest BCUT2D eigenvalue weighted by atomic mass is 9.92. The Hall–Kier alpha value is -1.45. The fourth-order valence-electron chi connectivity index (χ4n) is 2.40. The number of rotatable bonds is 2. The van der Waals surface area contributed by atoms with Gasteiger partial charge in [-0.05, 0) is 45.8 Å². The lowest BCUT2D eigenvalue weighted by Gasteiger charge is -2.08. The molecule has 1 unspecified atom stereocenters. The highest BCUT2D eigenvalue weighted by molar-refractivity contribution is 8.21. The number of halogens is 1. The van der Waals surface area contributed by atoms with E-state index in [2.05, 4.69) is 0 Å². The number of benzene rings is 2. The van der Waals surface area contributed by atoms with E-state index in [0.717, 1.165) is 32.6 Å². The summed E-state index contributed by atoms with van der Waals surface area (Å²) in [5, 5.41) is 0. The zero-order chi connectivity index (χ0) is 13.4. The Morgan fingerprint density at radius 3 is 2.63 bits per heavy atom. The third-order valence-electron chi connectivity index (χ3n) is 3.19. The maximum atomic E-state index is 12.1. The summed E-state index contributed by atoms with van der Waals surface area (Å²) in [5.74, 6) is 0.0156. The summed E-state index contributed by atoms with van der Waals surface area (Å²) >= 11 is 0. The molecule has 96 valence electrons. The van der Waals surface area contributed by atoms with Gasteiger partial charge in [0.2, 0.25) is 0 Å².